The summed E-state index contributed by atoms with van der Waals surface area (Å²) in [7, 11) is 1.65. The molecule has 1 aromatic carbocycles. The first-order valence-electron chi connectivity index (χ1n) is 7.44. The molecule has 0 aliphatic heterocycles. The highest BCUT2D eigenvalue weighted by Gasteiger charge is 2.17. The molecule has 21 heavy (non-hydrogen) atoms. The first-order chi connectivity index (χ1) is 10.4. The lowest BCUT2D eigenvalue weighted by molar-refractivity contribution is 0.390. The molecule has 3 rings (SSSR count). The van der Waals surface area contributed by atoms with Crippen LogP contribution in [-0.2, 0) is 5.75 Å². The summed E-state index contributed by atoms with van der Waals surface area (Å²) in [6, 6.07) is 7.73. The van der Waals surface area contributed by atoms with E-state index in [1.54, 1.807) is 7.11 Å². The number of methoxy groups -OCH3 is 1. The molecule has 5 heteroatoms. The normalized spacial score (nSPS) is 16.0. The number of aromatic nitrogens is 2. The van der Waals surface area contributed by atoms with E-state index in [4.69, 9.17) is 9.26 Å². The highest BCUT2D eigenvalue weighted by Crippen LogP contribution is 2.31. The molecule has 1 aliphatic rings. The van der Waals surface area contributed by atoms with Crippen LogP contribution in [0.4, 0.5) is 0 Å². The zero-order chi connectivity index (χ0) is 14.5. The van der Waals surface area contributed by atoms with Crippen LogP contribution in [0.3, 0.4) is 0 Å². The van der Waals surface area contributed by atoms with E-state index in [9.17, 15) is 0 Å². The van der Waals surface area contributed by atoms with Crippen molar-refractivity contribution in [3.63, 3.8) is 0 Å². The molecule has 0 radical (unpaired) electrons. The van der Waals surface area contributed by atoms with Crippen molar-refractivity contribution < 1.29 is 9.26 Å². The monoisotopic (exact) mass is 304 g/mol. The Morgan fingerprint density at radius 2 is 2.05 bits per heavy atom. The van der Waals surface area contributed by atoms with Gasteiger partial charge < -0.3 is 9.26 Å². The van der Waals surface area contributed by atoms with E-state index in [0.717, 1.165) is 22.3 Å². The molecule has 1 fully saturated rings. The molecule has 0 saturated heterocycles. The molecular formula is C16H20N2O2S. The SMILES string of the molecule is COc1ccccc1-c1noc(CSC2CCCCC2)n1. The predicted octanol–water partition coefficient (Wildman–Crippen LogP) is 4.31. The summed E-state index contributed by atoms with van der Waals surface area (Å²) in [5, 5.41) is 4.83. The van der Waals surface area contributed by atoms with Crippen LogP contribution in [-0.4, -0.2) is 22.5 Å². The van der Waals surface area contributed by atoms with Crippen LogP contribution < -0.4 is 4.74 Å². The van der Waals surface area contributed by atoms with Crippen molar-refractivity contribution in [1.29, 1.82) is 0 Å². The minimum absolute atomic E-state index is 0.603. The van der Waals surface area contributed by atoms with Gasteiger partial charge in [-0.05, 0) is 25.0 Å². The first-order valence-corrected chi connectivity index (χ1v) is 8.49. The summed E-state index contributed by atoms with van der Waals surface area (Å²) in [5.41, 5.74) is 0.873. The maximum atomic E-state index is 5.37. The average Bonchev–Trinajstić information content (AvgIpc) is 3.02. The van der Waals surface area contributed by atoms with Crippen LogP contribution in [0.2, 0.25) is 0 Å². The Morgan fingerprint density at radius 1 is 1.24 bits per heavy atom. The van der Waals surface area contributed by atoms with Gasteiger partial charge in [0.1, 0.15) is 5.75 Å². The number of benzene rings is 1. The Bertz CT molecular complexity index is 579. The molecule has 2 aromatic rings. The Labute approximate surface area is 129 Å². The van der Waals surface area contributed by atoms with Gasteiger partial charge in [-0.25, -0.2) is 0 Å². The molecule has 1 saturated carbocycles. The molecule has 1 heterocycles. The first kappa shape index (κ1) is 14.4. The van der Waals surface area contributed by atoms with Crippen molar-refractivity contribution in [2.45, 2.75) is 43.1 Å². The Kier molecular flexibility index (Phi) is 4.80. The van der Waals surface area contributed by atoms with Crippen molar-refractivity contribution >= 4 is 11.8 Å². The number of hydrogen-bond donors (Lipinski definition) is 0. The zero-order valence-electron chi connectivity index (χ0n) is 12.2. The maximum absolute atomic E-state index is 5.37. The highest BCUT2D eigenvalue weighted by atomic mass is 32.2. The number of nitrogens with zero attached hydrogens (tertiary/aromatic N) is 2. The predicted molar refractivity (Wildman–Crippen MR) is 84.5 cm³/mol. The molecule has 1 aromatic heterocycles. The summed E-state index contributed by atoms with van der Waals surface area (Å²) < 4.78 is 10.7. The van der Waals surface area contributed by atoms with Crippen LogP contribution in [0, 0.1) is 0 Å². The fourth-order valence-electron chi connectivity index (χ4n) is 2.67. The van der Waals surface area contributed by atoms with Crippen LogP contribution >= 0.6 is 11.8 Å². The van der Waals surface area contributed by atoms with Crippen molar-refractivity contribution in [1.82, 2.24) is 10.1 Å². The molecular weight excluding hydrogens is 284 g/mol. The molecule has 0 unspecified atom stereocenters. The van der Waals surface area contributed by atoms with Gasteiger partial charge in [0, 0.05) is 5.25 Å². The number of rotatable bonds is 5. The fourth-order valence-corrected chi connectivity index (χ4v) is 3.84. The van der Waals surface area contributed by atoms with E-state index in [0.29, 0.717) is 11.7 Å². The third-order valence-electron chi connectivity index (χ3n) is 3.81. The van der Waals surface area contributed by atoms with Gasteiger partial charge in [0.2, 0.25) is 11.7 Å². The molecule has 0 bridgehead atoms. The lowest BCUT2D eigenvalue weighted by Gasteiger charge is -2.19. The molecule has 0 N–H and O–H groups in total. The molecule has 0 atom stereocenters. The summed E-state index contributed by atoms with van der Waals surface area (Å²) in [6.45, 7) is 0. The lowest BCUT2D eigenvalue weighted by Crippen LogP contribution is -2.08. The Morgan fingerprint density at radius 3 is 2.86 bits per heavy atom. The minimum atomic E-state index is 0.603. The van der Waals surface area contributed by atoms with Gasteiger partial charge in [-0.3, -0.25) is 0 Å². The standard InChI is InChI=1S/C16H20N2O2S/c1-19-14-10-6-5-9-13(14)16-17-15(20-18-16)11-21-12-7-3-2-4-8-12/h5-6,9-10,12H,2-4,7-8,11H2,1H3. The molecule has 0 spiro atoms. The third kappa shape index (κ3) is 3.59. The minimum Gasteiger partial charge on any atom is -0.496 e. The topological polar surface area (TPSA) is 48.2 Å². The number of ether oxygens (including phenoxy) is 1. The summed E-state index contributed by atoms with van der Waals surface area (Å²) in [4.78, 5) is 4.49. The second kappa shape index (κ2) is 6.98. The summed E-state index contributed by atoms with van der Waals surface area (Å²) in [6.07, 6.45) is 6.73. The number of hydrogen-bond acceptors (Lipinski definition) is 5. The number of thioether (sulfide) groups is 1. The smallest absolute Gasteiger partial charge is 0.236 e. The molecule has 4 nitrogen and oxygen atoms in total. The van der Waals surface area contributed by atoms with Gasteiger partial charge in [0.25, 0.3) is 0 Å². The van der Waals surface area contributed by atoms with E-state index >= 15 is 0 Å². The fraction of sp³-hybridized carbons (Fsp3) is 0.500. The van der Waals surface area contributed by atoms with E-state index < -0.39 is 0 Å². The van der Waals surface area contributed by atoms with Gasteiger partial charge in [0.15, 0.2) is 0 Å². The van der Waals surface area contributed by atoms with Crippen molar-refractivity contribution in [2.75, 3.05) is 7.11 Å². The van der Waals surface area contributed by atoms with E-state index in [1.807, 2.05) is 36.0 Å². The van der Waals surface area contributed by atoms with Crippen LogP contribution in [0.1, 0.15) is 38.0 Å². The number of para-hydroxylation sites is 1. The van der Waals surface area contributed by atoms with Crippen molar-refractivity contribution in [2.24, 2.45) is 0 Å². The Balaban J connectivity index is 1.65. The van der Waals surface area contributed by atoms with Gasteiger partial charge in [0.05, 0.1) is 18.4 Å². The van der Waals surface area contributed by atoms with E-state index in [2.05, 4.69) is 10.1 Å². The van der Waals surface area contributed by atoms with Crippen molar-refractivity contribution in [3.05, 3.63) is 30.2 Å². The average molecular weight is 304 g/mol. The van der Waals surface area contributed by atoms with Crippen molar-refractivity contribution in [3.8, 4) is 17.1 Å². The summed E-state index contributed by atoms with van der Waals surface area (Å²) in [5.74, 6) is 2.87. The lowest BCUT2D eigenvalue weighted by atomic mass is 10.0. The van der Waals surface area contributed by atoms with E-state index in [-0.39, 0.29) is 0 Å². The molecule has 0 amide bonds. The largest absolute Gasteiger partial charge is 0.496 e. The van der Waals surface area contributed by atoms with Gasteiger partial charge in [-0.2, -0.15) is 4.98 Å². The highest BCUT2D eigenvalue weighted by molar-refractivity contribution is 7.99. The maximum Gasteiger partial charge on any atom is 0.236 e. The summed E-state index contributed by atoms with van der Waals surface area (Å²) >= 11 is 1.94. The van der Waals surface area contributed by atoms with Crippen LogP contribution in [0.15, 0.2) is 28.8 Å². The second-order valence-corrected chi connectivity index (χ2v) is 6.57. The van der Waals surface area contributed by atoms with Crippen LogP contribution in [0.25, 0.3) is 11.4 Å². The van der Waals surface area contributed by atoms with E-state index in [1.165, 1.54) is 32.1 Å². The molecule has 1 aliphatic carbocycles. The quantitative estimate of drug-likeness (QED) is 0.823. The zero-order valence-corrected chi connectivity index (χ0v) is 13.1. The Hall–Kier alpha value is -1.49. The second-order valence-electron chi connectivity index (χ2n) is 5.28. The molecule has 112 valence electrons. The third-order valence-corrected chi connectivity index (χ3v) is 5.17. The van der Waals surface area contributed by atoms with Gasteiger partial charge >= 0.3 is 0 Å². The van der Waals surface area contributed by atoms with Crippen LogP contribution in [0.5, 0.6) is 5.75 Å². The van der Waals surface area contributed by atoms with Gasteiger partial charge in [-0.1, -0.05) is 36.6 Å². The van der Waals surface area contributed by atoms with Gasteiger partial charge in [-0.15, -0.1) is 11.8 Å².